The molecule has 1 atom stereocenters. The lowest BCUT2D eigenvalue weighted by Gasteiger charge is -2.06. The second kappa shape index (κ2) is 6.39. The average molecular weight is 313 g/mol. The molecular weight excluding hydrogens is 301 g/mol. The average Bonchev–Trinajstić information content (AvgIpc) is 3.22. The van der Waals surface area contributed by atoms with E-state index in [0.29, 0.717) is 12.2 Å². The van der Waals surface area contributed by atoms with Gasteiger partial charge in [-0.3, -0.25) is 5.10 Å². The second-order valence-corrected chi connectivity index (χ2v) is 4.86. The van der Waals surface area contributed by atoms with Crippen LogP contribution in [0.4, 0.5) is 4.39 Å². The van der Waals surface area contributed by atoms with Crippen molar-refractivity contribution in [2.75, 3.05) is 0 Å². The maximum absolute atomic E-state index is 12.9. The van der Waals surface area contributed by atoms with Crippen LogP contribution in [0.3, 0.4) is 0 Å². The molecule has 2 heterocycles. The summed E-state index contributed by atoms with van der Waals surface area (Å²) >= 11 is 0. The molecule has 6 nitrogen and oxygen atoms in total. The number of carbonyl (C=O) groups excluding carboxylic acids is 1. The monoisotopic (exact) mass is 313 g/mol. The van der Waals surface area contributed by atoms with E-state index in [1.165, 1.54) is 18.5 Å². The molecule has 2 aromatic heterocycles. The Hall–Kier alpha value is -3.02. The normalized spacial score (nSPS) is 11.9. The lowest BCUT2D eigenvalue weighted by molar-refractivity contribution is 0.226. The van der Waals surface area contributed by atoms with E-state index in [-0.39, 0.29) is 23.0 Å². The molecule has 0 amide bonds. The number of nitrogens with one attached hydrogen (secondary N) is 1. The van der Waals surface area contributed by atoms with Gasteiger partial charge in [0, 0.05) is 6.42 Å². The fraction of sp³-hybridized carbons (Fsp3) is 0.125. The highest BCUT2D eigenvalue weighted by Gasteiger charge is 2.22. The van der Waals surface area contributed by atoms with Crippen LogP contribution in [0.25, 0.3) is 5.57 Å². The first-order valence-electron chi connectivity index (χ1n) is 6.79. The van der Waals surface area contributed by atoms with Crippen molar-refractivity contribution in [1.29, 1.82) is 0 Å². The Morgan fingerprint density at radius 3 is 2.74 bits per heavy atom. The highest BCUT2D eigenvalue weighted by Crippen LogP contribution is 2.27. The molecule has 0 aliphatic heterocycles. The molecule has 0 bridgehead atoms. The van der Waals surface area contributed by atoms with E-state index >= 15 is 0 Å². The lowest BCUT2D eigenvalue weighted by atomic mass is 10.1. The molecule has 0 saturated heterocycles. The van der Waals surface area contributed by atoms with E-state index < -0.39 is 6.10 Å². The zero-order chi connectivity index (χ0) is 16.2. The molecule has 1 unspecified atom stereocenters. The van der Waals surface area contributed by atoms with Crippen LogP contribution in [-0.2, 0) is 11.2 Å². The summed E-state index contributed by atoms with van der Waals surface area (Å²) in [6.07, 6.45) is 0.355. The van der Waals surface area contributed by atoms with Crippen molar-refractivity contribution in [1.82, 2.24) is 15.2 Å². The largest absolute Gasteiger partial charge is 0.460 e. The number of nitrogens with zero attached hydrogens (tertiary/aromatic N) is 2. The Labute approximate surface area is 130 Å². The summed E-state index contributed by atoms with van der Waals surface area (Å²) < 4.78 is 18.5. The maximum Gasteiger partial charge on any atom is 0.158 e. The number of furan rings is 1. The first-order valence-corrected chi connectivity index (χ1v) is 6.79. The van der Waals surface area contributed by atoms with Gasteiger partial charge in [-0.2, -0.15) is 5.10 Å². The van der Waals surface area contributed by atoms with Crippen LogP contribution in [0.5, 0.6) is 0 Å². The standard InChI is InChI=1S/C16H12FN3O3/c17-11-3-1-10(2-4-11)7-12-5-6-14(23-12)13(8-21)15(22)16-18-9-19-20-16/h1-6,9,15,22H,7H2,(H,18,19,20). The smallest absolute Gasteiger partial charge is 0.158 e. The first kappa shape index (κ1) is 14.9. The zero-order valence-electron chi connectivity index (χ0n) is 11.9. The minimum absolute atomic E-state index is 0.0768. The highest BCUT2D eigenvalue weighted by molar-refractivity contribution is 5.88. The number of halogens is 1. The molecule has 0 aliphatic rings. The van der Waals surface area contributed by atoms with Gasteiger partial charge in [-0.25, -0.2) is 14.2 Å². The number of rotatable bonds is 5. The van der Waals surface area contributed by atoms with Crippen molar-refractivity contribution in [2.45, 2.75) is 12.5 Å². The van der Waals surface area contributed by atoms with Gasteiger partial charge in [-0.05, 0) is 29.8 Å². The van der Waals surface area contributed by atoms with Crippen LogP contribution in [0.15, 0.2) is 47.1 Å². The number of aromatic amines is 1. The molecule has 23 heavy (non-hydrogen) atoms. The van der Waals surface area contributed by atoms with Crippen molar-refractivity contribution in [2.24, 2.45) is 0 Å². The van der Waals surface area contributed by atoms with Crippen molar-refractivity contribution < 1.29 is 18.7 Å². The van der Waals surface area contributed by atoms with Crippen LogP contribution in [0.1, 0.15) is 29.0 Å². The van der Waals surface area contributed by atoms with Gasteiger partial charge in [-0.1, -0.05) is 12.1 Å². The summed E-state index contributed by atoms with van der Waals surface area (Å²) in [6.45, 7) is 0. The molecule has 0 spiro atoms. The predicted molar refractivity (Wildman–Crippen MR) is 78.4 cm³/mol. The topological polar surface area (TPSA) is 92.0 Å². The molecule has 3 rings (SSSR count). The van der Waals surface area contributed by atoms with Gasteiger partial charge in [0.05, 0.1) is 0 Å². The maximum atomic E-state index is 12.9. The number of hydrogen-bond acceptors (Lipinski definition) is 5. The van der Waals surface area contributed by atoms with Gasteiger partial charge >= 0.3 is 0 Å². The molecule has 1 aromatic carbocycles. The van der Waals surface area contributed by atoms with Crippen molar-refractivity contribution in [3.05, 3.63) is 71.5 Å². The molecule has 0 aliphatic carbocycles. The summed E-state index contributed by atoms with van der Waals surface area (Å²) in [5, 5.41) is 16.2. The number of benzene rings is 1. The summed E-state index contributed by atoms with van der Waals surface area (Å²) in [4.78, 5) is 15.0. The zero-order valence-corrected chi connectivity index (χ0v) is 11.9. The SMILES string of the molecule is O=C=C(c1ccc(Cc2ccc(F)cc2)o1)C(O)c1ncn[nH]1. The fourth-order valence-electron chi connectivity index (χ4n) is 2.15. The molecule has 0 radical (unpaired) electrons. The van der Waals surface area contributed by atoms with E-state index in [0.717, 1.165) is 5.56 Å². The van der Waals surface area contributed by atoms with Crippen LogP contribution in [-0.4, -0.2) is 26.2 Å². The summed E-state index contributed by atoms with van der Waals surface area (Å²) in [7, 11) is 0. The Morgan fingerprint density at radius 2 is 2.09 bits per heavy atom. The predicted octanol–water partition coefficient (Wildman–Crippen LogP) is 2.08. The Kier molecular flexibility index (Phi) is 4.14. The van der Waals surface area contributed by atoms with Crippen molar-refractivity contribution in [3.63, 3.8) is 0 Å². The van der Waals surface area contributed by atoms with Gasteiger partial charge in [0.15, 0.2) is 11.9 Å². The fourth-order valence-corrected chi connectivity index (χ4v) is 2.15. The number of aromatic nitrogens is 3. The minimum atomic E-state index is -1.31. The Balaban J connectivity index is 1.80. The van der Waals surface area contributed by atoms with Gasteiger partial charge in [0.1, 0.15) is 35.2 Å². The van der Waals surface area contributed by atoms with Crippen LogP contribution >= 0.6 is 0 Å². The van der Waals surface area contributed by atoms with E-state index in [2.05, 4.69) is 15.2 Å². The third-order valence-corrected chi connectivity index (χ3v) is 3.29. The van der Waals surface area contributed by atoms with Crippen molar-refractivity contribution >= 4 is 11.5 Å². The number of aliphatic hydroxyl groups excluding tert-OH is 1. The van der Waals surface area contributed by atoms with Crippen LogP contribution in [0.2, 0.25) is 0 Å². The summed E-state index contributed by atoms with van der Waals surface area (Å²) in [5.74, 6) is 2.26. The van der Waals surface area contributed by atoms with E-state index in [1.54, 1.807) is 30.2 Å². The Morgan fingerprint density at radius 1 is 1.30 bits per heavy atom. The molecule has 3 aromatic rings. The number of hydrogen-bond donors (Lipinski definition) is 2. The highest BCUT2D eigenvalue weighted by atomic mass is 19.1. The Bertz CT molecular complexity index is 834. The first-order chi connectivity index (χ1) is 11.2. The van der Waals surface area contributed by atoms with Gasteiger partial charge < -0.3 is 9.52 Å². The van der Waals surface area contributed by atoms with E-state index in [9.17, 15) is 14.3 Å². The van der Waals surface area contributed by atoms with E-state index in [1.807, 2.05) is 0 Å². The summed E-state index contributed by atoms with van der Waals surface area (Å²) in [5.41, 5.74) is 0.784. The number of aliphatic hydroxyl groups is 1. The van der Waals surface area contributed by atoms with Gasteiger partial charge in [0.25, 0.3) is 0 Å². The van der Waals surface area contributed by atoms with Crippen molar-refractivity contribution in [3.8, 4) is 0 Å². The van der Waals surface area contributed by atoms with E-state index in [4.69, 9.17) is 4.42 Å². The van der Waals surface area contributed by atoms with Gasteiger partial charge in [0.2, 0.25) is 0 Å². The van der Waals surface area contributed by atoms with Crippen LogP contribution < -0.4 is 0 Å². The minimum Gasteiger partial charge on any atom is -0.460 e. The number of H-pyrrole nitrogens is 1. The molecular formula is C16H12FN3O3. The quantitative estimate of drug-likeness (QED) is 0.704. The third-order valence-electron chi connectivity index (χ3n) is 3.29. The van der Waals surface area contributed by atoms with Gasteiger partial charge in [-0.15, -0.1) is 0 Å². The third kappa shape index (κ3) is 3.26. The van der Waals surface area contributed by atoms with Crippen LogP contribution in [0, 0.1) is 5.82 Å². The second-order valence-electron chi connectivity index (χ2n) is 4.86. The summed E-state index contributed by atoms with van der Waals surface area (Å²) in [6, 6.07) is 9.28. The molecule has 2 N–H and O–H groups in total. The molecule has 7 heteroatoms. The molecule has 0 saturated carbocycles. The molecule has 0 fully saturated rings. The lowest BCUT2D eigenvalue weighted by Crippen LogP contribution is -2.03. The molecule has 116 valence electrons.